The number of rotatable bonds is 0. The number of carbonyl (C=O) groups is 1. The van der Waals surface area contributed by atoms with E-state index in [-0.39, 0.29) is 5.91 Å². The molecular formula is C5H9NO2. The summed E-state index contributed by atoms with van der Waals surface area (Å²) in [5.74, 6) is -0.148. The van der Waals surface area contributed by atoms with Crippen LogP contribution in [-0.2, 0) is 4.79 Å². The molecule has 1 amide bonds. The molecule has 0 aromatic rings. The lowest BCUT2D eigenvalue weighted by Crippen LogP contribution is -2.24. The minimum Gasteiger partial charge on any atom is -0.383 e. The Balaban J connectivity index is 2.57. The van der Waals surface area contributed by atoms with Gasteiger partial charge in [-0.1, -0.05) is 0 Å². The molecule has 0 bridgehead atoms. The van der Waals surface area contributed by atoms with Crippen molar-refractivity contribution < 1.29 is 9.90 Å². The van der Waals surface area contributed by atoms with Crippen LogP contribution in [0.5, 0.6) is 0 Å². The number of likely N-dealkylation sites (tertiary alicyclic amines) is 1. The fourth-order valence-electron chi connectivity index (χ4n) is 0.804. The fourth-order valence-corrected chi connectivity index (χ4v) is 0.804. The van der Waals surface area contributed by atoms with Crippen LogP contribution in [0.15, 0.2) is 0 Å². The molecule has 3 heteroatoms. The van der Waals surface area contributed by atoms with Crippen molar-refractivity contribution in [3.8, 4) is 0 Å². The molecule has 1 N–H and O–H groups in total. The zero-order chi connectivity index (χ0) is 6.15. The second-order valence-electron chi connectivity index (χ2n) is 2.06. The van der Waals surface area contributed by atoms with Crippen molar-refractivity contribution in [2.75, 3.05) is 13.6 Å². The zero-order valence-electron chi connectivity index (χ0n) is 4.79. The van der Waals surface area contributed by atoms with Gasteiger partial charge in [0.25, 0.3) is 5.91 Å². The molecule has 0 radical (unpaired) electrons. The highest BCUT2D eigenvalue weighted by Crippen LogP contribution is 2.06. The number of nitrogens with zero attached hydrogens (tertiary/aromatic N) is 1. The Kier molecular flexibility index (Phi) is 1.21. The highest BCUT2D eigenvalue weighted by atomic mass is 16.3. The lowest BCUT2D eigenvalue weighted by atomic mass is 10.3. The molecule has 3 nitrogen and oxygen atoms in total. The Morgan fingerprint density at radius 1 is 1.88 bits per heavy atom. The molecule has 1 aliphatic rings. The van der Waals surface area contributed by atoms with Gasteiger partial charge in [-0.15, -0.1) is 0 Å². The molecule has 1 saturated heterocycles. The van der Waals surface area contributed by atoms with Crippen molar-refractivity contribution in [3.63, 3.8) is 0 Å². The highest BCUT2D eigenvalue weighted by Gasteiger charge is 2.25. The molecule has 0 spiro atoms. The number of aliphatic hydroxyl groups excluding tert-OH is 1. The van der Waals surface area contributed by atoms with Gasteiger partial charge in [-0.05, 0) is 6.42 Å². The third kappa shape index (κ3) is 0.690. The van der Waals surface area contributed by atoms with Gasteiger partial charge in [-0.2, -0.15) is 0 Å². The molecule has 1 rings (SSSR count). The Morgan fingerprint density at radius 3 is 2.62 bits per heavy atom. The van der Waals surface area contributed by atoms with Gasteiger partial charge < -0.3 is 10.0 Å². The van der Waals surface area contributed by atoms with Crippen LogP contribution in [-0.4, -0.2) is 35.6 Å². The fraction of sp³-hybridized carbons (Fsp3) is 0.800. The van der Waals surface area contributed by atoms with Crippen LogP contribution in [0.25, 0.3) is 0 Å². The van der Waals surface area contributed by atoms with Gasteiger partial charge >= 0.3 is 0 Å². The van der Waals surface area contributed by atoms with Crippen LogP contribution in [0.3, 0.4) is 0 Å². The van der Waals surface area contributed by atoms with Gasteiger partial charge in [0.15, 0.2) is 0 Å². The molecule has 0 aromatic carbocycles. The van der Waals surface area contributed by atoms with E-state index in [1.807, 2.05) is 0 Å². The van der Waals surface area contributed by atoms with Crippen LogP contribution in [0.4, 0.5) is 0 Å². The van der Waals surface area contributed by atoms with E-state index in [1.165, 1.54) is 4.90 Å². The lowest BCUT2D eigenvalue weighted by molar-refractivity contribution is -0.133. The Morgan fingerprint density at radius 2 is 2.50 bits per heavy atom. The van der Waals surface area contributed by atoms with Crippen LogP contribution in [0, 0.1) is 0 Å². The largest absolute Gasteiger partial charge is 0.383 e. The van der Waals surface area contributed by atoms with Gasteiger partial charge in [0, 0.05) is 13.6 Å². The van der Waals surface area contributed by atoms with Crippen LogP contribution in [0.2, 0.25) is 0 Å². The van der Waals surface area contributed by atoms with Crippen molar-refractivity contribution in [1.29, 1.82) is 0 Å². The molecule has 0 aliphatic carbocycles. The van der Waals surface area contributed by atoms with Crippen molar-refractivity contribution in [2.45, 2.75) is 12.5 Å². The minimum atomic E-state index is -0.722. The monoisotopic (exact) mass is 115 g/mol. The molecule has 1 aliphatic heterocycles. The highest BCUT2D eigenvalue weighted by molar-refractivity contribution is 5.82. The lowest BCUT2D eigenvalue weighted by Gasteiger charge is -2.04. The number of hydrogen-bond donors (Lipinski definition) is 1. The Hall–Kier alpha value is -0.570. The van der Waals surface area contributed by atoms with E-state index >= 15 is 0 Å². The average Bonchev–Trinajstić information content (AvgIpc) is 1.98. The summed E-state index contributed by atoms with van der Waals surface area (Å²) in [6.45, 7) is 0.694. The predicted molar refractivity (Wildman–Crippen MR) is 28.3 cm³/mol. The summed E-state index contributed by atoms with van der Waals surface area (Å²) in [7, 11) is 1.69. The number of likely N-dealkylation sites (N-methyl/N-ethyl adjacent to an activating group) is 1. The van der Waals surface area contributed by atoms with Crippen molar-refractivity contribution in [2.24, 2.45) is 0 Å². The van der Waals surface area contributed by atoms with Crippen molar-refractivity contribution in [3.05, 3.63) is 0 Å². The third-order valence-corrected chi connectivity index (χ3v) is 1.40. The second kappa shape index (κ2) is 1.74. The molecule has 1 heterocycles. The number of carbonyl (C=O) groups excluding carboxylic acids is 1. The van der Waals surface area contributed by atoms with E-state index in [0.717, 1.165) is 0 Å². The predicted octanol–water partition coefficient (Wildman–Crippen LogP) is -0.791. The van der Waals surface area contributed by atoms with Gasteiger partial charge in [-0.3, -0.25) is 4.79 Å². The third-order valence-electron chi connectivity index (χ3n) is 1.40. The summed E-state index contributed by atoms with van der Waals surface area (Å²) < 4.78 is 0. The van der Waals surface area contributed by atoms with Crippen LogP contribution < -0.4 is 0 Å². The van der Waals surface area contributed by atoms with Gasteiger partial charge in [-0.25, -0.2) is 0 Å². The summed E-state index contributed by atoms with van der Waals surface area (Å²) in [6, 6.07) is 0. The molecule has 1 atom stereocenters. The first-order valence-corrected chi connectivity index (χ1v) is 2.65. The topological polar surface area (TPSA) is 40.5 Å². The van der Waals surface area contributed by atoms with Gasteiger partial charge in [0.1, 0.15) is 6.10 Å². The van der Waals surface area contributed by atoms with Crippen molar-refractivity contribution in [1.82, 2.24) is 4.90 Å². The number of hydrogen-bond acceptors (Lipinski definition) is 2. The SMILES string of the molecule is CN1CCC(O)C1=O. The average molecular weight is 115 g/mol. The van der Waals surface area contributed by atoms with E-state index in [2.05, 4.69) is 0 Å². The molecule has 0 saturated carbocycles. The van der Waals surface area contributed by atoms with E-state index in [4.69, 9.17) is 5.11 Å². The zero-order valence-corrected chi connectivity index (χ0v) is 4.79. The summed E-state index contributed by atoms with van der Waals surface area (Å²) in [5.41, 5.74) is 0. The molecular weight excluding hydrogens is 106 g/mol. The maximum atomic E-state index is 10.6. The second-order valence-corrected chi connectivity index (χ2v) is 2.06. The summed E-state index contributed by atoms with van der Waals surface area (Å²) >= 11 is 0. The first-order chi connectivity index (χ1) is 3.72. The van der Waals surface area contributed by atoms with Crippen LogP contribution in [0.1, 0.15) is 6.42 Å². The maximum Gasteiger partial charge on any atom is 0.251 e. The normalized spacial score (nSPS) is 29.5. The standard InChI is InChI=1S/C5H9NO2/c1-6-3-2-4(7)5(6)8/h4,7H,2-3H2,1H3. The molecule has 0 aromatic heterocycles. The Bertz CT molecular complexity index is 101. The molecule has 46 valence electrons. The first-order valence-electron chi connectivity index (χ1n) is 2.65. The summed E-state index contributed by atoms with van der Waals surface area (Å²) in [4.78, 5) is 12.1. The molecule has 1 unspecified atom stereocenters. The first kappa shape index (κ1) is 5.56. The van der Waals surface area contributed by atoms with E-state index in [9.17, 15) is 4.79 Å². The van der Waals surface area contributed by atoms with Gasteiger partial charge in [0.2, 0.25) is 0 Å². The minimum absolute atomic E-state index is 0.148. The van der Waals surface area contributed by atoms with Crippen LogP contribution >= 0.6 is 0 Å². The number of aliphatic hydroxyl groups is 1. The smallest absolute Gasteiger partial charge is 0.251 e. The van der Waals surface area contributed by atoms with E-state index < -0.39 is 6.10 Å². The summed E-state index contributed by atoms with van der Waals surface area (Å²) in [6.07, 6.45) is -0.130. The molecule has 1 fully saturated rings. The van der Waals surface area contributed by atoms with Crippen molar-refractivity contribution >= 4 is 5.91 Å². The molecule has 8 heavy (non-hydrogen) atoms. The van der Waals surface area contributed by atoms with Gasteiger partial charge in [0.05, 0.1) is 0 Å². The maximum absolute atomic E-state index is 10.6. The quantitative estimate of drug-likeness (QED) is 0.449. The summed E-state index contributed by atoms with van der Waals surface area (Å²) in [5, 5.41) is 8.78. The number of amides is 1. The Labute approximate surface area is 47.9 Å². The van der Waals surface area contributed by atoms with E-state index in [0.29, 0.717) is 13.0 Å². The van der Waals surface area contributed by atoms with E-state index in [1.54, 1.807) is 7.05 Å².